The fourth-order valence-electron chi connectivity index (χ4n) is 0.827. The Balaban J connectivity index is 2.48. The molecule has 13 heavy (non-hydrogen) atoms. The van der Waals surface area contributed by atoms with Gasteiger partial charge in [0.1, 0.15) is 12.4 Å². The average Bonchev–Trinajstić information content (AvgIpc) is 2.48. The first-order valence-electron chi connectivity index (χ1n) is 4.11. The topological polar surface area (TPSA) is 65.2 Å². The van der Waals surface area contributed by atoms with Crippen molar-refractivity contribution in [2.24, 2.45) is 0 Å². The number of ether oxygens (including phenoxy) is 1. The van der Waals surface area contributed by atoms with E-state index in [0.29, 0.717) is 24.9 Å². The lowest BCUT2D eigenvalue weighted by atomic mass is 10.3. The van der Waals surface area contributed by atoms with Crippen LogP contribution in [0.15, 0.2) is 4.52 Å². The van der Waals surface area contributed by atoms with Crippen LogP contribution in [0.5, 0.6) is 0 Å². The van der Waals surface area contributed by atoms with Gasteiger partial charge in [-0.3, -0.25) is 4.79 Å². The van der Waals surface area contributed by atoms with E-state index in [1.165, 1.54) is 6.92 Å². The van der Waals surface area contributed by atoms with Gasteiger partial charge in [0.15, 0.2) is 5.82 Å². The van der Waals surface area contributed by atoms with Gasteiger partial charge in [0.2, 0.25) is 5.89 Å². The van der Waals surface area contributed by atoms with Crippen LogP contribution in [0.3, 0.4) is 0 Å². The SMILES string of the molecule is CCOCc1noc(CC(C)=O)n1. The third-order valence-corrected chi connectivity index (χ3v) is 1.35. The molecule has 1 aromatic heterocycles. The lowest BCUT2D eigenvalue weighted by Crippen LogP contribution is -1.97. The molecule has 0 amide bonds. The first-order valence-corrected chi connectivity index (χ1v) is 4.11. The monoisotopic (exact) mass is 184 g/mol. The molecule has 0 saturated carbocycles. The molecule has 0 aliphatic rings. The second kappa shape index (κ2) is 4.71. The van der Waals surface area contributed by atoms with Crippen LogP contribution in [0.4, 0.5) is 0 Å². The molecule has 0 unspecified atom stereocenters. The van der Waals surface area contributed by atoms with E-state index >= 15 is 0 Å². The molecule has 5 nitrogen and oxygen atoms in total. The molecule has 0 aromatic carbocycles. The molecule has 72 valence electrons. The summed E-state index contributed by atoms with van der Waals surface area (Å²) in [6.45, 7) is 4.30. The number of nitrogens with zero attached hydrogens (tertiary/aromatic N) is 2. The molecule has 1 heterocycles. The van der Waals surface area contributed by atoms with Crippen LogP contribution in [-0.2, 0) is 22.6 Å². The zero-order valence-corrected chi connectivity index (χ0v) is 7.74. The molecule has 0 spiro atoms. The van der Waals surface area contributed by atoms with E-state index in [0.717, 1.165) is 0 Å². The van der Waals surface area contributed by atoms with Crippen LogP contribution < -0.4 is 0 Å². The van der Waals surface area contributed by atoms with Crippen molar-refractivity contribution in [2.45, 2.75) is 26.9 Å². The summed E-state index contributed by atoms with van der Waals surface area (Å²) in [6.07, 6.45) is 0.194. The van der Waals surface area contributed by atoms with E-state index in [1.807, 2.05) is 6.92 Å². The Morgan fingerprint density at radius 2 is 2.38 bits per heavy atom. The van der Waals surface area contributed by atoms with Gasteiger partial charge in [-0.1, -0.05) is 5.16 Å². The van der Waals surface area contributed by atoms with E-state index in [9.17, 15) is 4.79 Å². The van der Waals surface area contributed by atoms with Crippen LogP contribution in [0.25, 0.3) is 0 Å². The Kier molecular flexibility index (Phi) is 3.57. The van der Waals surface area contributed by atoms with Crippen LogP contribution in [0.2, 0.25) is 0 Å². The Bertz CT molecular complexity index is 283. The van der Waals surface area contributed by atoms with E-state index in [4.69, 9.17) is 9.26 Å². The number of hydrogen-bond acceptors (Lipinski definition) is 5. The van der Waals surface area contributed by atoms with Crippen LogP contribution in [-0.4, -0.2) is 22.5 Å². The third-order valence-electron chi connectivity index (χ3n) is 1.35. The smallest absolute Gasteiger partial charge is 0.234 e. The number of carbonyl (C=O) groups excluding carboxylic acids is 1. The highest BCUT2D eigenvalue weighted by Gasteiger charge is 2.07. The predicted molar refractivity (Wildman–Crippen MR) is 44.0 cm³/mol. The van der Waals surface area contributed by atoms with Crippen LogP contribution in [0, 0.1) is 0 Å². The summed E-state index contributed by atoms with van der Waals surface area (Å²) in [7, 11) is 0. The standard InChI is InChI=1S/C8H12N2O3/c1-3-12-5-7-9-8(13-10-7)4-6(2)11/h3-5H2,1-2H3. The summed E-state index contributed by atoms with van der Waals surface area (Å²) in [4.78, 5) is 14.6. The summed E-state index contributed by atoms with van der Waals surface area (Å²) >= 11 is 0. The van der Waals surface area contributed by atoms with Gasteiger partial charge in [-0.15, -0.1) is 0 Å². The first-order chi connectivity index (χ1) is 6.22. The second-order valence-electron chi connectivity index (χ2n) is 2.62. The summed E-state index contributed by atoms with van der Waals surface area (Å²) in [5.41, 5.74) is 0. The Hall–Kier alpha value is -1.23. The van der Waals surface area contributed by atoms with Gasteiger partial charge in [-0.05, 0) is 13.8 Å². The fraction of sp³-hybridized carbons (Fsp3) is 0.625. The largest absolute Gasteiger partial charge is 0.374 e. The van der Waals surface area contributed by atoms with Gasteiger partial charge in [0.05, 0.1) is 6.42 Å². The minimum atomic E-state index is 0.00612. The van der Waals surface area contributed by atoms with Crippen molar-refractivity contribution in [1.29, 1.82) is 0 Å². The summed E-state index contributed by atoms with van der Waals surface area (Å²) in [5, 5.41) is 3.64. The highest BCUT2D eigenvalue weighted by Crippen LogP contribution is 2.00. The van der Waals surface area contributed by atoms with Gasteiger partial charge in [-0.2, -0.15) is 4.98 Å². The zero-order valence-electron chi connectivity index (χ0n) is 7.74. The molecule has 5 heteroatoms. The van der Waals surface area contributed by atoms with Crippen molar-refractivity contribution in [2.75, 3.05) is 6.61 Å². The van der Waals surface area contributed by atoms with Gasteiger partial charge < -0.3 is 9.26 Å². The van der Waals surface area contributed by atoms with E-state index in [1.54, 1.807) is 0 Å². The van der Waals surface area contributed by atoms with Crippen molar-refractivity contribution < 1.29 is 14.1 Å². The van der Waals surface area contributed by atoms with E-state index in [-0.39, 0.29) is 12.2 Å². The molecule has 0 aliphatic carbocycles. The average molecular weight is 184 g/mol. The lowest BCUT2D eigenvalue weighted by Gasteiger charge is -1.91. The maximum Gasteiger partial charge on any atom is 0.234 e. The van der Waals surface area contributed by atoms with Crippen molar-refractivity contribution >= 4 is 5.78 Å². The number of hydrogen-bond donors (Lipinski definition) is 0. The van der Waals surface area contributed by atoms with Crippen LogP contribution in [0.1, 0.15) is 25.6 Å². The summed E-state index contributed by atoms with van der Waals surface area (Å²) < 4.78 is 9.88. The maximum atomic E-state index is 10.7. The quantitative estimate of drug-likeness (QED) is 0.675. The first kappa shape index (κ1) is 9.85. The van der Waals surface area contributed by atoms with Crippen LogP contribution >= 0.6 is 0 Å². The maximum absolute atomic E-state index is 10.7. The molecule has 1 rings (SSSR count). The molecular formula is C8H12N2O3. The fourth-order valence-corrected chi connectivity index (χ4v) is 0.827. The molecule has 0 aliphatic heterocycles. The van der Waals surface area contributed by atoms with Gasteiger partial charge in [0, 0.05) is 6.61 Å². The summed E-state index contributed by atoms with van der Waals surface area (Å²) in [5.74, 6) is 0.840. The number of aromatic nitrogens is 2. The van der Waals surface area contributed by atoms with E-state index in [2.05, 4.69) is 10.1 Å². The molecule has 0 radical (unpaired) electrons. The zero-order chi connectivity index (χ0) is 9.68. The van der Waals surface area contributed by atoms with Gasteiger partial charge in [-0.25, -0.2) is 0 Å². The van der Waals surface area contributed by atoms with Gasteiger partial charge in [0.25, 0.3) is 0 Å². The lowest BCUT2D eigenvalue weighted by molar-refractivity contribution is -0.116. The summed E-state index contributed by atoms with van der Waals surface area (Å²) in [6, 6.07) is 0. The van der Waals surface area contributed by atoms with Crippen molar-refractivity contribution in [3.05, 3.63) is 11.7 Å². The Morgan fingerprint density at radius 3 is 3.00 bits per heavy atom. The minimum absolute atomic E-state index is 0.00612. The molecule has 0 bridgehead atoms. The Morgan fingerprint density at radius 1 is 1.62 bits per heavy atom. The molecular weight excluding hydrogens is 172 g/mol. The molecule has 1 aromatic rings. The highest BCUT2D eigenvalue weighted by atomic mass is 16.5. The molecule has 0 atom stereocenters. The Labute approximate surface area is 76.1 Å². The second-order valence-corrected chi connectivity index (χ2v) is 2.62. The highest BCUT2D eigenvalue weighted by molar-refractivity contribution is 5.77. The molecule has 0 fully saturated rings. The predicted octanol–water partition coefficient (Wildman–Crippen LogP) is 0.738. The number of ketones is 1. The van der Waals surface area contributed by atoms with Crippen molar-refractivity contribution in [1.82, 2.24) is 10.1 Å². The molecule has 0 N–H and O–H groups in total. The van der Waals surface area contributed by atoms with E-state index < -0.39 is 0 Å². The minimum Gasteiger partial charge on any atom is -0.374 e. The number of carbonyl (C=O) groups is 1. The number of rotatable bonds is 5. The number of Topliss-reactive ketones (excluding diaryl/α,β-unsaturated/α-hetero) is 1. The normalized spacial score (nSPS) is 10.3. The van der Waals surface area contributed by atoms with Crippen molar-refractivity contribution in [3.63, 3.8) is 0 Å². The molecule has 0 saturated heterocycles. The van der Waals surface area contributed by atoms with Gasteiger partial charge >= 0.3 is 0 Å². The van der Waals surface area contributed by atoms with Crippen molar-refractivity contribution in [3.8, 4) is 0 Å². The third kappa shape index (κ3) is 3.33.